The quantitative estimate of drug-likeness (QED) is 0.182. The molecular weight excluding hydrogens is 551 g/mol. The summed E-state index contributed by atoms with van der Waals surface area (Å²) in [6, 6.07) is 10.3. The Hall–Kier alpha value is -3.81. The van der Waals surface area contributed by atoms with Gasteiger partial charge in [0.25, 0.3) is 0 Å². The van der Waals surface area contributed by atoms with Crippen molar-refractivity contribution in [2.24, 2.45) is 0 Å². The molecule has 0 radical (unpaired) electrons. The van der Waals surface area contributed by atoms with Crippen LogP contribution in [0.4, 0.5) is 24.8 Å². The average molecular weight is 576 g/mol. The van der Waals surface area contributed by atoms with E-state index in [1.165, 1.54) is 10.7 Å². The van der Waals surface area contributed by atoms with Gasteiger partial charge in [-0.25, -0.2) is 19.6 Å². The molecular formula is C26H25ClF3N7O3. The van der Waals surface area contributed by atoms with E-state index in [9.17, 15) is 18.0 Å². The molecule has 0 aliphatic carbocycles. The van der Waals surface area contributed by atoms with Crippen LogP contribution in [0.5, 0.6) is 0 Å². The van der Waals surface area contributed by atoms with Crippen LogP contribution < -0.4 is 11.1 Å². The smallest absolute Gasteiger partial charge is 0.383 e. The van der Waals surface area contributed by atoms with Crippen LogP contribution in [0.2, 0.25) is 5.15 Å². The van der Waals surface area contributed by atoms with Gasteiger partial charge in [-0.2, -0.15) is 18.3 Å². The van der Waals surface area contributed by atoms with E-state index in [0.717, 1.165) is 5.56 Å². The summed E-state index contributed by atoms with van der Waals surface area (Å²) in [6.45, 7) is 1.64. The Bertz CT molecular complexity index is 1590. The number of fused-ring (bicyclic) bond motifs is 2. The second-order valence-corrected chi connectivity index (χ2v) is 10.1. The maximum Gasteiger partial charge on any atom is 0.389 e. The topological polar surface area (TPSA) is 152 Å². The summed E-state index contributed by atoms with van der Waals surface area (Å²) in [6.07, 6.45) is -6.29. The van der Waals surface area contributed by atoms with Crippen molar-refractivity contribution in [3.63, 3.8) is 0 Å². The summed E-state index contributed by atoms with van der Waals surface area (Å²) in [4.78, 5) is 26.5. The fraction of sp³-hybridized carbons (Fsp3) is 0.346. The molecule has 1 aliphatic rings. The van der Waals surface area contributed by atoms with Crippen molar-refractivity contribution in [3.8, 4) is 11.5 Å². The number of aromatic nitrogens is 5. The van der Waals surface area contributed by atoms with Gasteiger partial charge in [-0.1, -0.05) is 35.9 Å². The molecule has 14 heteroatoms. The highest BCUT2D eigenvalue weighted by Gasteiger charge is 2.47. The number of rotatable bonds is 8. The van der Waals surface area contributed by atoms with Gasteiger partial charge in [-0.05, 0) is 43.0 Å². The number of anilines is 2. The zero-order valence-electron chi connectivity index (χ0n) is 21.2. The lowest BCUT2D eigenvalue weighted by molar-refractivity contribution is -0.136. The number of carbonyl (C=O) groups excluding carboxylic acids is 1. The summed E-state index contributed by atoms with van der Waals surface area (Å²) < 4.78 is 39.5. The Balaban J connectivity index is 1.52. The summed E-state index contributed by atoms with van der Waals surface area (Å²) in [5.74, 6) is -0.0585. The normalized spacial score (nSPS) is 17.1. The van der Waals surface area contributed by atoms with Gasteiger partial charge in [0.2, 0.25) is 5.91 Å². The zero-order valence-corrected chi connectivity index (χ0v) is 22.0. The zero-order chi connectivity index (χ0) is 28.8. The van der Waals surface area contributed by atoms with Gasteiger partial charge in [-0.15, -0.1) is 0 Å². The predicted octanol–water partition coefficient (Wildman–Crippen LogP) is 3.97. The number of hydrogen-bond donors (Lipinski definition) is 4. The number of hydrogen-bond acceptors (Lipinski definition) is 8. The largest absolute Gasteiger partial charge is 0.389 e. The van der Waals surface area contributed by atoms with Crippen molar-refractivity contribution in [1.29, 1.82) is 0 Å². The van der Waals surface area contributed by atoms with Gasteiger partial charge in [0.05, 0.1) is 10.9 Å². The third kappa shape index (κ3) is 5.19. The molecule has 1 aromatic carbocycles. The van der Waals surface area contributed by atoms with E-state index in [4.69, 9.17) is 27.5 Å². The second-order valence-electron chi connectivity index (χ2n) is 9.75. The number of nitrogens with zero attached hydrogens (tertiary/aromatic N) is 5. The first-order valence-corrected chi connectivity index (χ1v) is 12.8. The van der Waals surface area contributed by atoms with Crippen molar-refractivity contribution >= 4 is 40.2 Å². The number of halogens is 4. The van der Waals surface area contributed by atoms with Gasteiger partial charge >= 0.3 is 6.18 Å². The number of nitrogens with two attached hydrogens (primary N) is 1. The standard InChI is InChI=1S/C26H25ClF3N7O3/c1-25(14-6-3-13(4-7-14)5-10-17(38)39)18-20(31)33-22(34-21(18)35-24(25)40)19-15-8-9-16(27)32-23(15)37(36-19)12-2-11-26(28,29)30/h3-4,6-9,17,38-39H,2,5,10-12H2,1H3,(H3,31,33,34,35,40)/t25-/m0/s1. The third-order valence-corrected chi connectivity index (χ3v) is 7.16. The molecule has 5 rings (SSSR count). The van der Waals surface area contributed by atoms with Crippen LogP contribution in [-0.4, -0.2) is 53.3 Å². The molecule has 1 amide bonds. The average Bonchev–Trinajstić information content (AvgIpc) is 3.36. The number of aryl methyl sites for hydroxylation is 2. The van der Waals surface area contributed by atoms with Gasteiger partial charge in [0, 0.05) is 19.4 Å². The molecule has 3 aromatic heterocycles. The maximum absolute atomic E-state index is 13.3. The Morgan fingerprint density at radius 3 is 2.52 bits per heavy atom. The third-order valence-electron chi connectivity index (χ3n) is 6.95. The fourth-order valence-corrected chi connectivity index (χ4v) is 5.01. The lowest BCUT2D eigenvalue weighted by Crippen LogP contribution is -2.33. The number of pyridine rings is 1. The number of carbonyl (C=O) groups is 1. The van der Waals surface area contributed by atoms with Crippen LogP contribution in [0.1, 0.15) is 42.9 Å². The summed E-state index contributed by atoms with van der Waals surface area (Å²) in [5, 5.41) is 26.1. The van der Waals surface area contributed by atoms with E-state index in [1.54, 1.807) is 37.3 Å². The first kappa shape index (κ1) is 27.7. The SMILES string of the molecule is C[C@@]1(c2ccc(CCC(O)O)cc2)C(=O)Nc2nc(-c3nn(CCCC(F)(F)F)c4nc(Cl)ccc34)nc(N)c21. The highest BCUT2D eigenvalue weighted by Crippen LogP contribution is 2.45. The molecule has 5 N–H and O–H groups in total. The van der Waals surface area contributed by atoms with E-state index in [2.05, 4.69) is 25.4 Å². The van der Waals surface area contributed by atoms with Crippen molar-refractivity contribution in [2.45, 2.75) is 57.0 Å². The molecule has 0 saturated carbocycles. The number of aliphatic hydroxyl groups excluding tert-OH is 1. The molecule has 40 heavy (non-hydrogen) atoms. The van der Waals surface area contributed by atoms with Gasteiger partial charge in [0.1, 0.15) is 27.9 Å². The molecule has 0 bridgehead atoms. The molecule has 1 aliphatic heterocycles. The van der Waals surface area contributed by atoms with Crippen LogP contribution in [-0.2, 0) is 23.2 Å². The summed E-state index contributed by atoms with van der Waals surface area (Å²) >= 11 is 6.05. The number of nitrogens with one attached hydrogen (secondary N) is 1. The van der Waals surface area contributed by atoms with Crippen molar-refractivity contribution in [3.05, 3.63) is 58.2 Å². The van der Waals surface area contributed by atoms with Gasteiger partial charge < -0.3 is 21.3 Å². The summed E-state index contributed by atoms with van der Waals surface area (Å²) in [5.41, 5.74) is 7.59. The van der Waals surface area contributed by atoms with Crippen molar-refractivity contribution < 1.29 is 28.2 Å². The summed E-state index contributed by atoms with van der Waals surface area (Å²) in [7, 11) is 0. The Kier molecular flexibility index (Phi) is 7.15. The molecule has 0 unspecified atom stereocenters. The molecule has 210 valence electrons. The molecule has 4 heterocycles. The van der Waals surface area contributed by atoms with Crippen LogP contribution in [0.25, 0.3) is 22.6 Å². The molecule has 0 saturated heterocycles. The second kappa shape index (κ2) is 10.3. The molecule has 4 aromatic rings. The Morgan fingerprint density at radius 2 is 1.85 bits per heavy atom. The molecule has 0 fully saturated rings. The first-order valence-electron chi connectivity index (χ1n) is 12.4. The van der Waals surface area contributed by atoms with E-state index in [1.807, 2.05) is 0 Å². The minimum Gasteiger partial charge on any atom is -0.383 e. The number of aliphatic hydroxyl groups is 2. The monoisotopic (exact) mass is 575 g/mol. The molecule has 0 spiro atoms. The lowest BCUT2D eigenvalue weighted by Gasteiger charge is -2.23. The fourth-order valence-electron chi connectivity index (χ4n) is 4.87. The molecule has 1 atom stereocenters. The number of benzene rings is 1. The van der Waals surface area contributed by atoms with Gasteiger partial charge in [-0.3, -0.25) is 4.79 Å². The van der Waals surface area contributed by atoms with Crippen molar-refractivity contribution in [2.75, 3.05) is 11.1 Å². The Labute approximate surface area is 231 Å². The first-order chi connectivity index (χ1) is 18.9. The van der Waals surface area contributed by atoms with Crippen LogP contribution in [0, 0.1) is 0 Å². The minimum absolute atomic E-state index is 0.0371. The number of nitrogen functional groups attached to an aromatic ring is 1. The van der Waals surface area contributed by atoms with Crippen LogP contribution >= 0.6 is 11.6 Å². The highest BCUT2D eigenvalue weighted by atomic mass is 35.5. The van der Waals surface area contributed by atoms with E-state index in [0.29, 0.717) is 22.9 Å². The predicted molar refractivity (Wildman–Crippen MR) is 141 cm³/mol. The Morgan fingerprint density at radius 1 is 1.12 bits per heavy atom. The van der Waals surface area contributed by atoms with Gasteiger partial charge in [0.15, 0.2) is 17.8 Å². The number of amides is 1. The van der Waals surface area contributed by atoms with Crippen molar-refractivity contribution in [1.82, 2.24) is 24.7 Å². The van der Waals surface area contributed by atoms with E-state index in [-0.39, 0.29) is 59.2 Å². The van der Waals surface area contributed by atoms with Crippen LogP contribution in [0.3, 0.4) is 0 Å². The van der Waals surface area contributed by atoms with E-state index >= 15 is 0 Å². The highest BCUT2D eigenvalue weighted by molar-refractivity contribution is 6.29. The lowest BCUT2D eigenvalue weighted by atomic mass is 9.77. The minimum atomic E-state index is -4.30. The van der Waals surface area contributed by atoms with Crippen LogP contribution in [0.15, 0.2) is 36.4 Å². The number of alkyl halides is 3. The maximum atomic E-state index is 13.3. The van der Waals surface area contributed by atoms with E-state index < -0.39 is 24.3 Å². The molecule has 10 nitrogen and oxygen atoms in total.